The van der Waals surface area contributed by atoms with Crippen LogP contribution >= 0.6 is 11.8 Å². The predicted octanol–water partition coefficient (Wildman–Crippen LogP) is 4.78. The summed E-state index contributed by atoms with van der Waals surface area (Å²) < 4.78 is 15.7. The number of aromatic nitrogens is 4. The Hall–Kier alpha value is -2.45. The van der Waals surface area contributed by atoms with Crippen LogP contribution < -0.4 is 5.32 Å². The number of imidazole rings is 1. The van der Waals surface area contributed by atoms with Gasteiger partial charge in [0.15, 0.2) is 5.16 Å². The molecular formula is C23H29FN6S. The van der Waals surface area contributed by atoms with E-state index in [1.54, 1.807) is 30.1 Å². The molecule has 164 valence electrons. The number of rotatable bonds is 7. The molecule has 0 amide bonds. The van der Waals surface area contributed by atoms with Crippen LogP contribution in [0.4, 0.5) is 10.3 Å². The molecule has 0 unspecified atom stereocenters. The van der Waals surface area contributed by atoms with Gasteiger partial charge in [0, 0.05) is 37.4 Å². The van der Waals surface area contributed by atoms with Crippen molar-refractivity contribution in [2.24, 2.45) is 0 Å². The third-order valence-corrected chi connectivity index (χ3v) is 6.49. The van der Waals surface area contributed by atoms with E-state index in [-0.39, 0.29) is 5.82 Å². The third-order valence-electron chi connectivity index (χ3n) is 5.82. The number of benzene rings is 1. The van der Waals surface area contributed by atoms with E-state index in [1.807, 2.05) is 12.3 Å². The summed E-state index contributed by atoms with van der Waals surface area (Å²) in [5.41, 5.74) is 3.44. The Morgan fingerprint density at radius 3 is 2.45 bits per heavy atom. The standard InChI is InChI=1S/C23H29FN6S/c1-4-29-14-11-18(12-15-29)26-22-25-13-10-19(27-22)21-20(16-6-8-17(24)9-7-16)28-23(31-3)30(21)5-2/h6-10,13,18H,4-5,11-12,14-15H2,1-3H3,(H,25,26,27). The molecule has 3 aromatic rings. The minimum Gasteiger partial charge on any atom is -0.351 e. The zero-order valence-corrected chi connectivity index (χ0v) is 19.1. The molecule has 0 saturated carbocycles. The molecule has 1 aliphatic rings. The lowest BCUT2D eigenvalue weighted by molar-refractivity contribution is 0.229. The average Bonchev–Trinajstić information content (AvgIpc) is 3.19. The van der Waals surface area contributed by atoms with Crippen LogP contribution in [0.2, 0.25) is 0 Å². The van der Waals surface area contributed by atoms with Crippen LogP contribution in [0.15, 0.2) is 41.7 Å². The Kier molecular flexibility index (Phi) is 6.87. The van der Waals surface area contributed by atoms with Crippen molar-refractivity contribution in [1.29, 1.82) is 0 Å². The molecule has 8 heteroatoms. The second-order valence-electron chi connectivity index (χ2n) is 7.67. The summed E-state index contributed by atoms with van der Waals surface area (Å²) >= 11 is 1.60. The Labute approximate surface area is 187 Å². The molecule has 4 rings (SSSR count). The molecule has 2 aromatic heterocycles. The third kappa shape index (κ3) is 4.75. The van der Waals surface area contributed by atoms with Crippen molar-refractivity contribution < 1.29 is 4.39 Å². The topological polar surface area (TPSA) is 58.9 Å². The lowest BCUT2D eigenvalue weighted by Gasteiger charge is -2.31. The second-order valence-corrected chi connectivity index (χ2v) is 8.44. The summed E-state index contributed by atoms with van der Waals surface area (Å²) in [6.07, 6.45) is 5.99. The number of hydrogen-bond donors (Lipinski definition) is 1. The van der Waals surface area contributed by atoms with Gasteiger partial charge in [0.05, 0.1) is 17.1 Å². The fourth-order valence-electron chi connectivity index (χ4n) is 4.09. The highest BCUT2D eigenvalue weighted by molar-refractivity contribution is 7.98. The Morgan fingerprint density at radius 2 is 1.81 bits per heavy atom. The normalized spacial score (nSPS) is 15.4. The van der Waals surface area contributed by atoms with E-state index in [1.165, 1.54) is 12.1 Å². The van der Waals surface area contributed by atoms with Crippen molar-refractivity contribution in [3.8, 4) is 22.6 Å². The van der Waals surface area contributed by atoms with Crippen LogP contribution in [0, 0.1) is 5.82 Å². The van der Waals surface area contributed by atoms with E-state index in [4.69, 9.17) is 9.97 Å². The highest BCUT2D eigenvalue weighted by atomic mass is 32.2. The summed E-state index contributed by atoms with van der Waals surface area (Å²) in [6, 6.07) is 8.79. The smallest absolute Gasteiger partial charge is 0.223 e. The summed E-state index contributed by atoms with van der Waals surface area (Å²) in [6.45, 7) is 8.37. The maximum atomic E-state index is 13.5. The van der Waals surface area contributed by atoms with Crippen LogP contribution in [0.5, 0.6) is 0 Å². The molecule has 0 aliphatic carbocycles. The summed E-state index contributed by atoms with van der Waals surface area (Å²) in [5.74, 6) is 0.389. The predicted molar refractivity (Wildman–Crippen MR) is 125 cm³/mol. The highest BCUT2D eigenvalue weighted by Gasteiger charge is 2.22. The van der Waals surface area contributed by atoms with Crippen molar-refractivity contribution in [2.75, 3.05) is 31.2 Å². The van der Waals surface area contributed by atoms with Gasteiger partial charge in [-0.3, -0.25) is 0 Å². The number of hydrogen-bond acceptors (Lipinski definition) is 6. The van der Waals surface area contributed by atoms with Gasteiger partial charge in [0.2, 0.25) is 5.95 Å². The molecular weight excluding hydrogens is 411 g/mol. The van der Waals surface area contributed by atoms with Gasteiger partial charge in [0.1, 0.15) is 5.82 Å². The van der Waals surface area contributed by atoms with Crippen LogP contribution in [0.1, 0.15) is 26.7 Å². The maximum absolute atomic E-state index is 13.5. The molecule has 31 heavy (non-hydrogen) atoms. The van der Waals surface area contributed by atoms with Gasteiger partial charge >= 0.3 is 0 Å². The zero-order chi connectivity index (χ0) is 21.8. The van der Waals surface area contributed by atoms with Crippen LogP contribution in [-0.4, -0.2) is 56.4 Å². The first-order chi connectivity index (χ1) is 15.1. The van der Waals surface area contributed by atoms with Crippen molar-refractivity contribution >= 4 is 17.7 Å². The minimum absolute atomic E-state index is 0.257. The van der Waals surface area contributed by atoms with Crippen LogP contribution in [-0.2, 0) is 6.54 Å². The van der Waals surface area contributed by atoms with Crippen molar-refractivity contribution in [1.82, 2.24) is 24.4 Å². The Morgan fingerprint density at radius 1 is 1.06 bits per heavy atom. The summed E-state index contributed by atoms with van der Waals surface area (Å²) in [5, 5.41) is 4.44. The van der Waals surface area contributed by atoms with Crippen LogP contribution in [0.3, 0.4) is 0 Å². The molecule has 0 atom stereocenters. The van der Waals surface area contributed by atoms with Crippen LogP contribution in [0.25, 0.3) is 22.6 Å². The zero-order valence-electron chi connectivity index (χ0n) is 18.3. The van der Waals surface area contributed by atoms with Gasteiger partial charge in [0.25, 0.3) is 0 Å². The van der Waals surface area contributed by atoms with E-state index in [2.05, 4.69) is 33.6 Å². The van der Waals surface area contributed by atoms with Gasteiger partial charge < -0.3 is 14.8 Å². The van der Waals surface area contributed by atoms with Crippen molar-refractivity contribution in [3.63, 3.8) is 0 Å². The fraction of sp³-hybridized carbons (Fsp3) is 0.435. The molecule has 1 aliphatic heterocycles. The van der Waals surface area contributed by atoms with E-state index in [9.17, 15) is 4.39 Å². The molecule has 0 bridgehead atoms. The van der Waals surface area contributed by atoms with Gasteiger partial charge in [-0.15, -0.1) is 0 Å². The highest BCUT2D eigenvalue weighted by Crippen LogP contribution is 2.35. The monoisotopic (exact) mass is 440 g/mol. The van der Waals surface area contributed by atoms with Gasteiger partial charge in [-0.2, -0.15) is 0 Å². The fourth-order valence-corrected chi connectivity index (χ4v) is 4.71. The Balaban J connectivity index is 1.68. The van der Waals surface area contributed by atoms with Gasteiger partial charge in [-0.05, 0) is 62.9 Å². The number of nitrogens with one attached hydrogen (secondary N) is 1. The van der Waals surface area contributed by atoms with Gasteiger partial charge in [-0.25, -0.2) is 19.3 Å². The first kappa shape index (κ1) is 21.8. The number of thioether (sulfide) groups is 1. The number of anilines is 1. The lowest BCUT2D eigenvalue weighted by atomic mass is 10.1. The summed E-state index contributed by atoms with van der Waals surface area (Å²) in [7, 11) is 0. The average molecular weight is 441 g/mol. The first-order valence-corrected chi connectivity index (χ1v) is 12.1. The number of halogens is 1. The molecule has 0 radical (unpaired) electrons. The second kappa shape index (κ2) is 9.78. The van der Waals surface area contributed by atoms with E-state index >= 15 is 0 Å². The molecule has 1 N–H and O–H groups in total. The molecule has 3 heterocycles. The number of piperidine rings is 1. The molecule has 1 aromatic carbocycles. The SMILES string of the molecule is CCN1CCC(Nc2nccc(-c3c(-c4ccc(F)cc4)nc(SC)n3CC)n2)CC1. The van der Waals surface area contributed by atoms with E-state index in [0.717, 1.165) is 66.8 Å². The quantitative estimate of drug-likeness (QED) is 0.534. The Bertz CT molecular complexity index is 1010. The maximum Gasteiger partial charge on any atom is 0.223 e. The lowest BCUT2D eigenvalue weighted by Crippen LogP contribution is -2.39. The molecule has 1 fully saturated rings. The minimum atomic E-state index is -0.257. The van der Waals surface area contributed by atoms with E-state index < -0.39 is 0 Å². The van der Waals surface area contributed by atoms with E-state index in [0.29, 0.717) is 12.0 Å². The molecule has 1 saturated heterocycles. The van der Waals surface area contributed by atoms with Gasteiger partial charge in [-0.1, -0.05) is 18.7 Å². The van der Waals surface area contributed by atoms with Crippen molar-refractivity contribution in [3.05, 3.63) is 42.3 Å². The first-order valence-electron chi connectivity index (χ1n) is 10.9. The van der Waals surface area contributed by atoms with Crippen molar-refractivity contribution in [2.45, 2.75) is 44.4 Å². The number of likely N-dealkylation sites (tertiary alicyclic amines) is 1. The summed E-state index contributed by atoms with van der Waals surface area (Å²) in [4.78, 5) is 16.7. The number of nitrogens with zero attached hydrogens (tertiary/aromatic N) is 5. The molecule has 0 spiro atoms. The molecule has 6 nitrogen and oxygen atoms in total. The largest absolute Gasteiger partial charge is 0.351 e.